The summed E-state index contributed by atoms with van der Waals surface area (Å²) in [4.78, 5) is 2.50. The number of piperidine rings is 1. The number of nitrogens with zero attached hydrogens (tertiary/aromatic N) is 2. The fourth-order valence-electron chi connectivity index (χ4n) is 2.75. The molecule has 0 amide bonds. The number of likely N-dealkylation sites (tertiary alicyclic amines) is 1. The Bertz CT molecular complexity index is 473. The lowest BCUT2D eigenvalue weighted by molar-refractivity contribution is 0.105. The van der Waals surface area contributed by atoms with Crippen molar-refractivity contribution in [3.63, 3.8) is 0 Å². The highest BCUT2D eigenvalue weighted by Crippen LogP contribution is 2.21. The van der Waals surface area contributed by atoms with Gasteiger partial charge in [0.25, 0.3) is 0 Å². The molecule has 1 aromatic carbocycles. The van der Waals surface area contributed by atoms with Crippen LogP contribution in [0.3, 0.4) is 0 Å². The van der Waals surface area contributed by atoms with Crippen LogP contribution in [0.2, 0.25) is 0 Å². The second-order valence-corrected chi connectivity index (χ2v) is 5.88. The van der Waals surface area contributed by atoms with Gasteiger partial charge in [-0.3, -0.25) is 4.90 Å². The fourth-order valence-corrected chi connectivity index (χ4v) is 2.75. The topological polar surface area (TPSA) is 71.1 Å². The van der Waals surface area contributed by atoms with Crippen molar-refractivity contribution in [2.24, 2.45) is 16.8 Å². The minimum absolute atomic E-state index is 0.109. The maximum absolute atomic E-state index is 8.62. The first-order chi connectivity index (χ1) is 10.1. The molecular formula is C16H25N3O2. The molecule has 2 unspecified atom stereocenters. The lowest BCUT2D eigenvalue weighted by atomic mass is 9.95. The molecule has 0 radical (unpaired) electrons. The highest BCUT2D eigenvalue weighted by Gasteiger charge is 2.22. The molecule has 5 heteroatoms. The van der Waals surface area contributed by atoms with Gasteiger partial charge in [-0.1, -0.05) is 12.1 Å². The maximum Gasteiger partial charge on any atom is 0.170 e. The molecule has 1 saturated heterocycles. The van der Waals surface area contributed by atoms with Crippen LogP contribution >= 0.6 is 0 Å². The number of ether oxygens (including phenoxy) is 1. The van der Waals surface area contributed by atoms with Crippen LogP contribution in [-0.2, 0) is 0 Å². The van der Waals surface area contributed by atoms with Crippen LogP contribution in [0.25, 0.3) is 0 Å². The molecule has 0 spiro atoms. The van der Waals surface area contributed by atoms with E-state index >= 15 is 0 Å². The van der Waals surface area contributed by atoms with Crippen molar-refractivity contribution in [3.05, 3.63) is 29.8 Å². The van der Waals surface area contributed by atoms with Crippen molar-refractivity contribution in [3.8, 4) is 5.75 Å². The van der Waals surface area contributed by atoms with E-state index in [1.54, 1.807) is 12.1 Å². The third-order valence-electron chi connectivity index (χ3n) is 4.15. The van der Waals surface area contributed by atoms with Crippen LogP contribution in [0.4, 0.5) is 0 Å². The van der Waals surface area contributed by atoms with Gasteiger partial charge < -0.3 is 15.7 Å². The van der Waals surface area contributed by atoms with Crippen LogP contribution in [0, 0.1) is 5.92 Å². The van der Waals surface area contributed by atoms with Gasteiger partial charge in [-0.15, -0.1) is 0 Å². The van der Waals surface area contributed by atoms with E-state index in [1.165, 1.54) is 12.8 Å². The van der Waals surface area contributed by atoms with Crippen LogP contribution in [-0.4, -0.2) is 41.7 Å². The Morgan fingerprint density at radius 1 is 1.33 bits per heavy atom. The third kappa shape index (κ3) is 4.36. The molecule has 1 heterocycles. The molecule has 2 rings (SSSR count). The molecular weight excluding hydrogens is 266 g/mol. The first-order valence-corrected chi connectivity index (χ1v) is 7.55. The van der Waals surface area contributed by atoms with Crippen LogP contribution in [0.5, 0.6) is 5.75 Å². The molecule has 1 aliphatic heterocycles. The molecule has 5 nitrogen and oxygen atoms in total. The smallest absolute Gasteiger partial charge is 0.170 e. The number of amidine groups is 1. The lowest BCUT2D eigenvalue weighted by Gasteiger charge is -2.36. The molecule has 116 valence electrons. The molecule has 3 N–H and O–H groups in total. The molecule has 2 atom stereocenters. The average molecular weight is 291 g/mol. The van der Waals surface area contributed by atoms with Crippen LogP contribution in [0.1, 0.15) is 32.3 Å². The van der Waals surface area contributed by atoms with Gasteiger partial charge in [0.15, 0.2) is 5.84 Å². The first kappa shape index (κ1) is 15.6. The number of nitrogens with two attached hydrogens (primary N) is 1. The van der Waals surface area contributed by atoms with Gasteiger partial charge in [-0.25, -0.2) is 0 Å². The fraction of sp³-hybridized carbons (Fsp3) is 0.562. The molecule has 0 bridgehead atoms. The minimum atomic E-state index is 0.109. The minimum Gasteiger partial charge on any atom is -0.492 e. The molecule has 1 fully saturated rings. The van der Waals surface area contributed by atoms with E-state index in [1.807, 2.05) is 12.1 Å². The van der Waals surface area contributed by atoms with E-state index in [-0.39, 0.29) is 5.84 Å². The van der Waals surface area contributed by atoms with Gasteiger partial charge in [0, 0.05) is 24.7 Å². The predicted molar refractivity (Wildman–Crippen MR) is 83.9 cm³/mol. The summed E-state index contributed by atoms with van der Waals surface area (Å²) in [5.41, 5.74) is 6.21. The monoisotopic (exact) mass is 291 g/mol. The Hall–Kier alpha value is -1.75. The quantitative estimate of drug-likeness (QED) is 0.378. The number of hydrogen-bond donors (Lipinski definition) is 2. The van der Waals surface area contributed by atoms with Crippen molar-refractivity contribution >= 4 is 5.84 Å². The van der Waals surface area contributed by atoms with Crippen molar-refractivity contribution in [2.45, 2.75) is 32.7 Å². The second kappa shape index (κ2) is 7.31. The zero-order valence-electron chi connectivity index (χ0n) is 12.8. The number of benzene rings is 1. The second-order valence-electron chi connectivity index (χ2n) is 5.88. The third-order valence-corrected chi connectivity index (χ3v) is 4.15. The van der Waals surface area contributed by atoms with Crippen LogP contribution in [0.15, 0.2) is 29.4 Å². The maximum atomic E-state index is 8.62. The highest BCUT2D eigenvalue weighted by atomic mass is 16.5. The van der Waals surface area contributed by atoms with E-state index in [4.69, 9.17) is 15.7 Å². The zero-order chi connectivity index (χ0) is 15.2. The summed E-state index contributed by atoms with van der Waals surface area (Å²) in [6.07, 6.45) is 2.60. The molecule has 21 heavy (non-hydrogen) atoms. The Labute approximate surface area is 126 Å². The predicted octanol–water partition coefficient (Wildman–Crippen LogP) is 2.28. The van der Waals surface area contributed by atoms with Crippen LogP contribution < -0.4 is 10.5 Å². The lowest BCUT2D eigenvalue weighted by Crippen LogP contribution is -2.43. The van der Waals surface area contributed by atoms with E-state index in [2.05, 4.69) is 23.9 Å². The number of hydrogen-bond acceptors (Lipinski definition) is 4. The Kier molecular flexibility index (Phi) is 5.44. The summed E-state index contributed by atoms with van der Waals surface area (Å²) >= 11 is 0. The van der Waals surface area contributed by atoms with Gasteiger partial charge in [0.1, 0.15) is 12.4 Å². The number of oxime groups is 1. The summed E-state index contributed by atoms with van der Waals surface area (Å²) in [6, 6.07) is 7.91. The summed E-state index contributed by atoms with van der Waals surface area (Å²) in [5, 5.41) is 11.6. The van der Waals surface area contributed by atoms with Crippen molar-refractivity contribution in [2.75, 3.05) is 19.7 Å². The first-order valence-electron chi connectivity index (χ1n) is 7.55. The summed E-state index contributed by atoms with van der Waals surface area (Å²) in [7, 11) is 0. The van der Waals surface area contributed by atoms with E-state index in [9.17, 15) is 0 Å². The average Bonchev–Trinajstić information content (AvgIpc) is 2.50. The summed E-state index contributed by atoms with van der Waals surface area (Å²) in [5.74, 6) is 1.70. The van der Waals surface area contributed by atoms with Crippen molar-refractivity contribution < 1.29 is 9.94 Å². The van der Waals surface area contributed by atoms with Gasteiger partial charge in [-0.05, 0) is 49.9 Å². The van der Waals surface area contributed by atoms with Gasteiger partial charge in [0.05, 0.1) is 0 Å². The van der Waals surface area contributed by atoms with Crippen molar-refractivity contribution in [1.29, 1.82) is 0 Å². The zero-order valence-corrected chi connectivity index (χ0v) is 12.8. The molecule has 1 aromatic rings. The van der Waals surface area contributed by atoms with Gasteiger partial charge in [-0.2, -0.15) is 0 Å². The van der Waals surface area contributed by atoms with Crippen molar-refractivity contribution in [1.82, 2.24) is 4.90 Å². The van der Waals surface area contributed by atoms with Gasteiger partial charge >= 0.3 is 0 Å². The van der Waals surface area contributed by atoms with E-state index in [0.29, 0.717) is 18.2 Å². The number of rotatable bonds is 5. The largest absolute Gasteiger partial charge is 0.492 e. The Balaban J connectivity index is 1.80. The molecule has 0 aliphatic carbocycles. The van der Waals surface area contributed by atoms with E-state index in [0.717, 1.165) is 24.8 Å². The molecule has 0 saturated carbocycles. The SMILES string of the molecule is CC1CCC(C)N(CCOc2ccc(C(N)=NO)cc2)C1. The molecule has 1 aliphatic rings. The Morgan fingerprint density at radius 3 is 2.71 bits per heavy atom. The van der Waals surface area contributed by atoms with E-state index < -0.39 is 0 Å². The van der Waals surface area contributed by atoms with Gasteiger partial charge in [0.2, 0.25) is 0 Å². The Morgan fingerprint density at radius 2 is 2.05 bits per heavy atom. The summed E-state index contributed by atoms with van der Waals surface area (Å²) in [6.45, 7) is 7.39. The summed E-state index contributed by atoms with van der Waals surface area (Å²) < 4.78 is 5.78. The standard InChI is InChI=1S/C16H25N3O2/c1-12-3-4-13(2)19(11-12)9-10-21-15-7-5-14(6-8-15)16(17)18-20/h5-8,12-13,20H,3-4,9-11H2,1-2H3,(H2,17,18). The highest BCUT2D eigenvalue weighted by molar-refractivity contribution is 5.97. The normalized spacial score (nSPS) is 24.0. The molecule has 0 aromatic heterocycles.